The number of thioether (sulfide) groups is 1. The summed E-state index contributed by atoms with van der Waals surface area (Å²) in [7, 11) is 0. The Hall–Kier alpha value is -1.00. The molecule has 1 aromatic heterocycles. The highest BCUT2D eigenvalue weighted by Crippen LogP contribution is 2.18. The molecule has 1 aromatic carbocycles. The Morgan fingerprint density at radius 2 is 2.05 bits per heavy atom. The first kappa shape index (κ1) is 16.4. The average molecular weight is 305 g/mol. The van der Waals surface area contributed by atoms with Gasteiger partial charge in [0.2, 0.25) is 0 Å². The van der Waals surface area contributed by atoms with Gasteiger partial charge in [0.25, 0.3) is 0 Å². The molecule has 116 valence electrons. The van der Waals surface area contributed by atoms with Gasteiger partial charge >= 0.3 is 0 Å². The zero-order valence-corrected chi connectivity index (χ0v) is 14.2. The van der Waals surface area contributed by atoms with E-state index in [0.29, 0.717) is 6.04 Å². The molecule has 0 saturated heterocycles. The minimum Gasteiger partial charge on any atom is -0.328 e. The third-order valence-corrected chi connectivity index (χ3v) is 4.67. The number of imidazole rings is 1. The fourth-order valence-corrected chi connectivity index (χ4v) is 3.47. The van der Waals surface area contributed by atoms with Gasteiger partial charge in [-0.1, -0.05) is 32.9 Å². The molecule has 0 fully saturated rings. The van der Waals surface area contributed by atoms with Crippen molar-refractivity contribution in [2.75, 3.05) is 18.1 Å². The van der Waals surface area contributed by atoms with Crippen LogP contribution in [0.5, 0.6) is 0 Å². The summed E-state index contributed by atoms with van der Waals surface area (Å²) in [6.45, 7) is 8.70. The largest absolute Gasteiger partial charge is 0.328 e. The average Bonchev–Trinajstić information content (AvgIpc) is 2.83. The predicted molar refractivity (Wildman–Crippen MR) is 94.2 cm³/mol. The number of aromatic nitrogens is 2. The standard InChI is InChI=1S/C17H27N3S/c1-4-11-20-16-10-8-7-9-15(16)19-17(20)12-14(18-5-2)13-21-6-3/h7-10,14,18H,4-6,11-13H2,1-3H3. The summed E-state index contributed by atoms with van der Waals surface area (Å²) in [5.74, 6) is 3.55. The normalized spacial score (nSPS) is 12.9. The lowest BCUT2D eigenvalue weighted by atomic mass is 10.2. The van der Waals surface area contributed by atoms with E-state index in [9.17, 15) is 0 Å². The third kappa shape index (κ3) is 4.24. The van der Waals surface area contributed by atoms with Crippen LogP contribution in [0.1, 0.15) is 33.0 Å². The molecule has 1 unspecified atom stereocenters. The van der Waals surface area contributed by atoms with Gasteiger partial charge in [0.05, 0.1) is 11.0 Å². The summed E-state index contributed by atoms with van der Waals surface area (Å²) in [6, 6.07) is 8.99. The zero-order chi connectivity index (χ0) is 15.1. The Morgan fingerprint density at radius 3 is 2.76 bits per heavy atom. The van der Waals surface area contributed by atoms with Crippen LogP contribution >= 0.6 is 11.8 Å². The van der Waals surface area contributed by atoms with E-state index in [1.807, 2.05) is 11.8 Å². The predicted octanol–water partition coefficient (Wildman–Crippen LogP) is 3.72. The highest BCUT2D eigenvalue weighted by atomic mass is 32.2. The second-order valence-corrected chi connectivity index (χ2v) is 6.61. The van der Waals surface area contributed by atoms with Gasteiger partial charge in [-0.15, -0.1) is 0 Å². The van der Waals surface area contributed by atoms with E-state index < -0.39 is 0 Å². The van der Waals surface area contributed by atoms with Crippen molar-refractivity contribution in [1.82, 2.24) is 14.9 Å². The topological polar surface area (TPSA) is 29.9 Å². The van der Waals surface area contributed by atoms with E-state index >= 15 is 0 Å². The first-order valence-corrected chi connectivity index (χ1v) is 9.20. The van der Waals surface area contributed by atoms with Crippen LogP contribution in [0, 0.1) is 0 Å². The van der Waals surface area contributed by atoms with Crippen LogP contribution < -0.4 is 5.32 Å². The van der Waals surface area contributed by atoms with Crippen LogP contribution in [-0.4, -0.2) is 33.6 Å². The Balaban J connectivity index is 2.24. The number of para-hydroxylation sites is 2. The van der Waals surface area contributed by atoms with Crippen molar-refractivity contribution >= 4 is 22.8 Å². The van der Waals surface area contributed by atoms with Gasteiger partial charge in [-0.3, -0.25) is 0 Å². The van der Waals surface area contributed by atoms with Crippen molar-refractivity contribution in [2.45, 2.75) is 46.2 Å². The molecule has 0 aliphatic rings. The number of fused-ring (bicyclic) bond motifs is 1. The maximum Gasteiger partial charge on any atom is 0.111 e. The third-order valence-electron chi connectivity index (χ3n) is 3.63. The van der Waals surface area contributed by atoms with Crippen molar-refractivity contribution in [3.05, 3.63) is 30.1 Å². The van der Waals surface area contributed by atoms with E-state index in [1.165, 1.54) is 17.1 Å². The number of nitrogens with one attached hydrogen (secondary N) is 1. The van der Waals surface area contributed by atoms with Crippen molar-refractivity contribution < 1.29 is 0 Å². The van der Waals surface area contributed by atoms with Crippen LogP contribution in [0.25, 0.3) is 11.0 Å². The molecule has 21 heavy (non-hydrogen) atoms. The van der Waals surface area contributed by atoms with Crippen LogP contribution in [0.2, 0.25) is 0 Å². The number of benzene rings is 1. The van der Waals surface area contributed by atoms with Crippen molar-refractivity contribution in [2.24, 2.45) is 0 Å². The summed E-state index contributed by atoms with van der Waals surface area (Å²) in [5.41, 5.74) is 2.40. The first-order valence-electron chi connectivity index (χ1n) is 8.05. The molecular weight excluding hydrogens is 278 g/mol. The quantitative estimate of drug-likeness (QED) is 0.766. The minimum absolute atomic E-state index is 0.507. The molecule has 0 radical (unpaired) electrons. The lowest BCUT2D eigenvalue weighted by molar-refractivity contribution is 0.538. The lowest BCUT2D eigenvalue weighted by Crippen LogP contribution is -2.34. The Labute approximate surface area is 132 Å². The fraction of sp³-hybridized carbons (Fsp3) is 0.588. The number of hydrogen-bond acceptors (Lipinski definition) is 3. The van der Waals surface area contributed by atoms with Gasteiger partial charge < -0.3 is 9.88 Å². The van der Waals surface area contributed by atoms with E-state index in [2.05, 4.69) is 54.9 Å². The molecule has 1 heterocycles. The zero-order valence-electron chi connectivity index (χ0n) is 13.4. The van der Waals surface area contributed by atoms with Crippen LogP contribution in [-0.2, 0) is 13.0 Å². The molecule has 3 nitrogen and oxygen atoms in total. The summed E-state index contributed by atoms with van der Waals surface area (Å²) >= 11 is 2.00. The van der Waals surface area contributed by atoms with Gasteiger partial charge in [-0.05, 0) is 30.9 Å². The second kappa shape index (κ2) is 8.44. The molecule has 2 rings (SSSR count). The lowest BCUT2D eigenvalue weighted by Gasteiger charge is -2.18. The summed E-state index contributed by atoms with van der Waals surface area (Å²) in [5, 5.41) is 3.61. The van der Waals surface area contributed by atoms with Crippen molar-refractivity contribution in [3.8, 4) is 0 Å². The number of likely N-dealkylation sites (N-methyl/N-ethyl adjacent to an activating group) is 1. The minimum atomic E-state index is 0.507. The Morgan fingerprint density at radius 1 is 1.24 bits per heavy atom. The molecule has 1 N–H and O–H groups in total. The molecule has 1 atom stereocenters. The number of hydrogen-bond donors (Lipinski definition) is 1. The van der Waals surface area contributed by atoms with Crippen molar-refractivity contribution in [3.63, 3.8) is 0 Å². The molecular formula is C17H27N3S. The molecule has 4 heteroatoms. The van der Waals surface area contributed by atoms with E-state index in [-0.39, 0.29) is 0 Å². The monoisotopic (exact) mass is 305 g/mol. The molecule has 2 aromatic rings. The van der Waals surface area contributed by atoms with Crippen LogP contribution in [0.15, 0.2) is 24.3 Å². The van der Waals surface area contributed by atoms with Crippen LogP contribution in [0.3, 0.4) is 0 Å². The summed E-state index contributed by atoms with van der Waals surface area (Å²) in [4.78, 5) is 4.88. The highest BCUT2D eigenvalue weighted by Gasteiger charge is 2.15. The second-order valence-electron chi connectivity index (χ2n) is 5.29. The SMILES string of the molecule is CCCn1c(CC(CSCC)NCC)nc2ccccc21. The smallest absolute Gasteiger partial charge is 0.111 e. The summed E-state index contributed by atoms with van der Waals surface area (Å²) < 4.78 is 2.40. The molecule has 0 bridgehead atoms. The highest BCUT2D eigenvalue weighted by molar-refractivity contribution is 7.99. The number of aryl methyl sites for hydroxylation is 1. The van der Waals surface area contributed by atoms with Gasteiger partial charge in [0.1, 0.15) is 5.82 Å². The summed E-state index contributed by atoms with van der Waals surface area (Å²) in [6.07, 6.45) is 2.15. The number of nitrogens with zero attached hydrogens (tertiary/aromatic N) is 2. The van der Waals surface area contributed by atoms with Gasteiger partial charge in [-0.2, -0.15) is 11.8 Å². The molecule has 0 spiro atoms. The fourth-order valence-electron chi connectivity index (χ4n) is 2.71. The Kier molecular flexibility index (Phi) is 6.58. The first-order chi connectivity index (χ1) is 10.3. The molecule has 0 amide bonds. The van der Waals surface area contributed by atoms with Crippen molar-refractivity contribution in [1.29, 1.82) is 0 Å². The molecule has 0 saturated carbocycles. The molecule has 0 aliphatic carbocycles. The van der Waals surface area contributed by atoms with E-state index in [0.717, 1.165) is 37.2 Å². The maximum absolute atomic E-state index is 4.88. The Bertz CT molecular complexity index is 550. The van der Waals surface area contributed by atoms with E-state index in [1.54, 1.807) is 0 Å². The number of rotatable bonds is 9. The van der Waals surface area contributed by atoms with Gasteiger partial charge in [0.15, 0.2) is 0 Å². The van der Waals surface area contributed by atoms with Crippen LogP contribution in [0.4, 0.5) is 0 Å². The molecule has 0 aliphatic heterocycles. The van der Waals surface area contributed by atoms with E-state index in [4.69, 9.17) is 4.98 Å². The van der Waals surface area contributed by atoms with Gasteiger partial charge in [-0.25, -0.2) is 4.98 Å². The van der Waals surface area contributed by atoms with Gasteiger partial charge in [0, 0.05) is 24.8 Å². The maximum atomic E-state index is 4.88.